The van der Waals surface area contributed by atoms with Crippen LogP contribution in [-0.2, 0) is 32.7 Å². The zero-order valence-electron chi connectivity index (χ0n) is 35.3. The van der Waals surface area contributed by atoms with Crippen LogP contribution in [0.1, 0.15) is 117 Å². The molecule has 0 radical (unpaired) electrons. The smallest absolute Gasteiger partial charge is 0.306 e. The van der Waals surface area contributed by atoms with Crippen molar-refractivity contribution in [2.45, 2.75) is 123 Å². The lowest BCUT2D eigenvalue weighted by Gasteiger charge is -2.28. The molecule has 0 heterocycles. The van der Waals surface area contributed by atoms with Crippen molar-refractivity contribution in [2.24, 2.45) is 0 Å². The van der Waals surface area contributed by atoms with Crippen LogP contribution in [0.25, 0.3) is 0 Å². The molecular formula is C46H74NO8P. The number of carbonyl (C=O) groups is 2. The lowest BCUT2D eigenvalue weighted by atomic mass is 10.2. The van der Waals surface area contributed by atoms with E-state index in [4.69, 9.17) is 18.5 Å². The van der Waals surface area contributed by atoms with E-state index in [1.165, 1.54) is 0 Å². The molecule has 9 nitrogen and oxygen atoms in total. The first-order valence-electron chi connectivity index (χ1n) is 20.6. The molecule has 0 saturated heterocycles. The van der Waals surface area contributed by atoms with Gasteiger partial charge in [0, 0.05) is 12.8 Å². The lowest BCUT2D eigenvalue weighted by Crippen LogP contribution is -2.37. The van der Waals surface area contributed by atoms with Crippen LogP contribution in [0, 0.1) is 0 Å². The van der Waals surface area contributed by atoms with Crippen LogP contribution < -0.4 is 4.89 Å². The highest BCUT2D eigenvalue weighted by Crippen LogP contribution is 2.38. The average Bonchev–Trinajstić information content (AvgIpc) is 3.15. The van der Waals surface area contributed by atoms with Crippen molar-refractivity contribution < 1.29 is 42.1 Å². The van der Waals surface area contributed by atoms with Gasteiger partial charge in [0.15, 0.2) is 6.10 Å². The highest BCUT2D eigenvalue weighted by molar-refractivity contribution is 7.45. The molecule has 0 bridgehead atoms. The van der Waals surface area contributed by atoms with Gasteiger partial charge in [-0.3, -0.25) is 14.2 Å². The maximum absolute atomic E-state index is 12.6. The summed E-state index contributed by atoms with van der Waals surface area (Å²) in [5.74, 6) is -0.967. The molecule has 10 heteroatoms. The summed E-state index contributed by atoms with van der Waals surface area (Å²) in [6, 6.07) is 0. The number of nitrogens with zero attached hydrogens (tertiary/aromatic N) is 1. The molecule has 0 aromatic carbocycles. The molecule has 0 aliphatic rings. The Labute approximate surface area is 340 Å². The highest BCUT2D eigenvalue weighted by atomic mass is 31.2. The monoisotopic (exact) mass is 800 g/mol. The summed E-state index contributed by atoms with van der Waals surface area (Å²) in [5, 5.41) is 0. The van der Waals surface area contributed by atoms with Crippen LogP contribution in [0.15, 0.2) is 109 Å². The molecule has 0 aliphatic heterocycles. The Morgan fingerprint density at radius 3 is 1.41 bits per heavy atom. The third-order valence-electron chi connectivity index (χ3n) is 7.79. The first-order chi connectivity index (χ1) is 27.0. The number of rotatable bonds is 35. The molecule has 56 heavy (non-hydrogen) atoms. The minimum absolute atomic E-state index is 0.0547. The van der Waals surface area contributed by atoms with E-state index in [2.05, 4.69) is 117 Å². The van der Waals surface area contributed by atoms with Crippen LogP contribution in [0.3, 0.4) is 0 Å². The summed E-state index contributed by atoms with van der Waals surface area (Å²) < 4.78 is 33.7. The Balaban J connectivity index is 4.59. The van der Waals surface area contributed by atoms with Crippen LogP contribution in [0.4, 0.5) is 0 Å². The minimum atomic E-state index is -4.65. The number of ether oxygens (including phenoxy) is 2. The topological polar surface area (TPSA) is 111 Å². The van der Waals surface area contributed by atoms with E-state index in [0.717, 1.165) is 77.0 Å². The molecule has 316 valence electrons. The summed E-state index contributed by atoms with van der Waals surface area (Å²) in [7, 11) is 1.08. The van der Waals surface area contributed by atoms with E-state index in [-0.39, 0.29) is 26.1 Å². The van der Waals surface area contributed by atoms with Gasteiger partial charge >= 0.3 is 11.9 Å². The van der Waals surface area contributed by atoms with E-state index in [1.54, 1.807) is 0 Å². The fraction of sp³-hybridized carbons (Fsp3) is 0.565. The standard InChI is InChI=1S/C46H74NO8P/c1-6-8-10-12-14-16-18-20-22-23-25-26-28-30-32-34-36-38-45(48)52-42-44(43-54-56(50,51)53-41-40-47(3,4)5)55-46(49)39-37-35-33-31-29-27-24-21-19-17-15-13-11-9-7-2/h8-11,14-17,20-22,24-26,29-32,44H,6-7,12-13,18-19,23,27-28,33-43H2,1-5H3/b10-8+,11-9+,16-14+,17-15+,22-20+,24-21+,26-25+,31-29+,32-30+/t44-/m1/s1. The van der Waals surface area contributed by atoms with Crippen molar-refractivity contribution in [1.82, 2.24) is 0 Å². The van der Waals surface area contributed by atoms with Crippen molar-refractivity contribution in [3.63, 3.8) is 0 Å². The third kappa shape index (κ3) is 40.3. The molecule has 0 fully saturated rings. The second-order valence-electron chi connectivity index (χ2n) is 14.2. The molecule has 0 aromatic heterocycles. The summed E-state index contributed by atoms with van der Waals surface area (Å²) in [5.41, 5.74) is 0. The molecule has 0 rings (SSSR count). The second-order valence-corrected chi connectivity index (χ2v) is 15.6. The number of hydrogen-bond donors (Lipinski definition) is 0. The number of carbonyl (C=O) groups excluding carboxylic acids is 2. The fourth-order valence-corrected chi connectivity index (χ4v) is 5.35. The van der Waals surface area contributed by atoms with Crippen molar-refractivity contribution in [3.8, 4) is 0 Å². The average molecular weight is 800 g/mol. The summed E-state index contributed by atoms with van der Waals surface area (Å²) in [6.45, 7) is 3.84. The zero-order chi connectivity index (χ0) is 41.4. The SMILES string of the molecule is CC/C=C/C/C=C/C/C=C/C/C=C/C/C=C/CCCC(=O)OC[C@H](COP(=O)([O-])OCC[N+](C)(C)C)OC(=O)CCCC/C=C/C/C=C/C/C=C/C/C=C/CC. The third-order valence-corrected chi connectivity index (χ3v) is 8.75. The Bertz CT molecular complexity index is 1320. The van der Waals surface area contributed by atoms with Gasteiger partial charge < -0.3 is 27.9 Å². The molecule has 0 amide bonds. The maximum Gasteiger partial charge on any atom is 0.306 e. The molecule has 1 unspecified atom stereocenters. The van der Waals surface area contributed by atoms with Gasteiger partial charge in [-0.1, -0.05) is 123 Å². The maximum atomic E-state index is 12.6. The number of phosphoric acid groups is 1. The van der Waals surface area contributed by atoms with E-state index >= 15 is 0 Å². The largest absolute Gasteiger partial charge is 0.756 e. The van der Waals surface area contributed by atoms with Gasteiger partial charge in [0.2, 0.25) is 0 Å². The van der Waals surface area contributed by atoms with E-state index in [0.29, 0.717) is 23.9 Å². The molecular weight excluding hydrogens is 725 g/mol. The predicted molar refractivity (Wildman–Crippen MR) is 231 cm³/mol. The van der Waals surface area contributed by atoms with Crippen molar-refractivity contribution in [2.75, 3.05) is 47.5 Å². The number of phosphoric ester groups is 1. The van der Waals surface area contributed by atoms with Gasteiger partial charge in [-0.15, -0.1) is 0 Å². The number of esters is 2. The first-order valence-corrected chi connectivity index (χ1v) is 22.1. The van der Waals surface area contributed by atoms with Crippen LogP contribution in [-0.4, -0.2) is 70.0 Å². The van der Waals surface area contributed by atoms with Crippen molar-refractivity contribution in [1.29, 1.82) is 0 Å². The van der Waals surface area contributed by atoms with Crippen LogP contribution in [0.5, 0.6) is 0 Å². The summed E-state index contributed by atoms with van der Waals surface area (Å²) in [6.07, 6.45) is 49.9. The number of unbranched alkanes of at least 4 members (excludes halogenated alkanes) is 3. The van der Waals surface area contributed by atoms with Gasteiger partial charge in [-0.25, -0.2) is 0 Å². The Morgan fingerprint density at radius 2 is 0.964 bits per heavy atom. The van der Waals surface area contributed by atoms with E-state index in [1.807, 2.05) is 27.2 Å². The highest BCUT2D eigenvalue weighted by Gasteiger charge is 2.21. The summed E-state index contributed by atoms with van der Waals surface area (Å²) >= 11 is 0. The number of hydrogen-bond acceptors (Lipinski definition) is 8. The normalized spacial score (nSPS) is 14.8. The van der Waals surface area contributed by atoms with Gasteiger partial charge in [-0.05, 0) is 89.9 Å². The fourth-order valence-electron chi connectivity index (χ4n) is 4.62. The molecule has 0 N–H and O–H groups in total. The zero-order valence-corrected chi connectivity index (χ0v) is 36.2. The van der Waals surface area contributed by atoms with Crippen LogP contribution in [0.2, 0.25) is 0 Å². The molecule has 0 aliphatic carbocycles. The number of allylic oxidation sites excluding steroid dienone is 18. The molecule has 0 aromatic rings. The van der Waals surface area contributed by atoms with Gasteiger partial charge in [-0.2, -0.15) is 0 Å². The lowest BCUT2D eigenvalue weighted by molar-refractivity contribution is -0.870. The predicted octanol–water partition coefficient (Wildman–Crippen LogP) is 10.9. The minimum Gasteiger partial charge on any atom is -0.756 e. The summed E-state index contributed by atoms with van der Waals surface area (Å²) in [4.78, 5) is 37.4. The Morgan fingerprint density at radius 1 is 0.554 bits per heavy atom. The van der Waals surface area contributed by atoms with Crippen molar-refractivity contribution >= 4 is 19.8 Å². The molecule has 0 saturated carbocycles. The van der Waals surface area contributed by atoms with Gasteiger partial charge in [0.05, 0.1) is 27.7 Å². The molecule has 2 atom stereocenters. The van der Waals surface area contributed by atoms with Gasteiger partial charge in [0.1, 0.15) is 19.8 Å². The first kappa shape index (κ1) is 52.7. The van der Waals surface area contributed by atoms with Crippen LogP contribution >= 0.6 is 7.82 Å². The number of likely N-dealkylation sites (N-methyl/N-ethyl adjacent to an activating group) is 1. The molecule has 0 spiro atoms. The Kier molecular flexibility index (Phi) is 35.0. The quantitative estimate of drug-likeness (QED) is 0.0205. The Hall–Kier alpha value is -3.33. The second kappa shape index (κ2) is 37.3. The van der Waals surface area contributed by atoms with Crippen molar-refractivity contribution in [3.05, 3.63) is 109 Å². The van der Waals surface area contributed by atoms with E-state index in [9.17, 15) is 19.0 Å². The van der Waals surface area contributed by atoms with E-state index < -0.39 is 32.5 Å². The number of quaternary nitrogens is 1. The van der Waals surface area contributed by atoms with Gasteiger partial charge in [0.25, 0.3) is 7.82 Å².